The second-order valence-electron chi connectivity index (χ2n) is 10.1. The van der Waals surface area contributed by atoms with E-state index in [-0.39, 0.29) is 31.6 Å². The Balaban J connectivity index is 1.18. The van der Waals surface area contributed by atoms with Crippen LogP contribution in [-0.4, -0.2) is 54.9 Å². The van der Waals surface area contributed by atoms with Crippen LogP contribution in [0.15, 0.2) is 36.9 Å². The Hall–Kier alpha value is -3.70. The van der Waals surface area contributed by atoms with E-state index in [0.29, 0.717) is 42.1 Å². The molecule has 4 heterocycles. The van der Waals surface area contributed by atoms with Crippen molar-refractivity contribution in [2.24, 2.45) is 5.92 Å². The molecule has 1 amide bonds. The number of pyridine rings is 1. The van der Waals surface area contributed by atoms with Crippen molar-refractivity contribution in [1.82, 2.24) is 29.9 Å². The molecular weight excluding hydrogens is 490 g/mol. The van der Waals surface area contributed by atoms with E-state index in [2.05, 4.69) is 30.7 Å². The maximum absolute atomic E-state index is 13.4. The SMILES string of the molecule is O=C(NC1CC(F)(F)C1)c1cnn2ccc(-c3c[nH]c4nc(NCC5CCC(F)(F)CC5)ncc34)cc12. The first kappa shape index (κ1) is 23.7. The molecule has 6 rings (SSSR count). The van der Waals surface area contributed by atoms with E-state index in [1.807, 2.05) is 12.1 Å². The van der Waals surface area contributed by atoms with Crippen LogP contribution in [0, 0.1) is 5.92 Å². The Kier molecular flexibility index (Phi) is 5.57. The Labute approximate surface area is 208 Å². The zero-order valence-corrected chi connectivity index (χ0v) is 19.8. The average molecular weight is 516 g/mol. The number of fused-ring (bicyclic) bond motifs is 2. The third kappa shape index (κ3) is 4.72. The van der Waals surface area contributed by atoms with Crippen LogP contribution in [0.2, 0.25) is 0 Å². The van der Waals surface area contributed by atoms with Crippen LogP contribution in [0.25, 0.3) is 27.7 Å². The van der Waals surface area contributed by atoms with Gasteiger partial charge in [-0.2, -0.15) is 10.1 Å². The molecule has 3 N–H and O–H groups in total. The molecule has 0 atom stereocenters. The predicted octanol–water partition coefficient (Wildman–Crippen LogP) is 5.04. The largest absolute Gasteiger partial charge is 0.354 e. The highest BCUT2D eigenvalue weighted by atomic mass is 19.3. The molecule has 0 saturated heterocycles. The second kappa shape index (κ2) is 8.70. The highest BCUT2D eigenvalue weighted by molar-refractivity contribution is 6.02. The van der Waals surface area contributed by atoms with E-state index in [9.17, 15) is 22.4 Å². The van der Waals surface area contributed by atoms with Crippen molar-refractivity contribution in [1.29, 1.82) is 0 Å². The topological polar surface area (TPSA) is 100 Å². The van der Waals surface area contributed by atoms with Crippen molar-refractivity contribution >= 4 is 28.4 Å². The van der Waals surface area contributed by atoms with Crippen LogP contribution in [-0.2, 0) is 0 Å². The van der Waals surface area contributed by atoms with Crippen LogP contribution in [0.4, 0.5) is 23.5 Å². The van der Waals surface area contributed by atoms with Gasteiger partial charge in [-0.1, -0.05) is 0 Å². The quantitative estimate of drug-likeness (QED) is 0.313. The molecule has 0 bridgehead atoms. The van der Waals surface area contributed by atoms with Crippen molar-refractivity contribution in [3.05, 3.63) is 42.5 Å². The van der Waals surface area contributed by atoms with Gasteiger partial charge >= 0.3 is 0 Å². The molecule has 2 saturated carbocycles. The number of halogens is 4. The molecule has 0 radical (unpaired) electrons. The molecule has 0 unspecified atom stereocenters. The summed E-state index contributed by atoms with van der Waals surface area (Å²) in [6, 6.07) is 3.11. The molecule has 0 aliphatic heterocycles. The first-order valence-corrected chi connectivity index (χ1v) is 12.3. The number of alkyl halides is 4. The fraction of sp³-hybridized carbons (Fsp3) is 0.440. The number of aromatic nitrogens is 5. The first-order chi connectivity index (χ1) is 17.7. The minimum atomic E-state index is -2.72. The monoisotopic (exact) mass is 515 g/mol. The molecule has 4 aromatic heterocycles. The molecule has 37 heavy (non-hydrogen) atoms. The van der Waals surface area contributed by atoms with Crippen molar-refractivity contribution in [2.45, 2.75) is 56.4 Å². The Morgan fingerprint density at radius 1 is 1.14 bits per heavy atom. The van der Waals surface area contributed by atoms with E-state index in [1.54, 1.807) is 23.1 Å². The van der Waals surface area contributed by atoms with Crippen LogP contribution < -0.4 is 10.6 Å². The first-order valence-electron chi connectivity index (χ1n) is 12.3. The fourth-order valence-corrected chi connectivity index (χ4v) is 5.12. The summed E-state index contributed by atoms with van der Waals surface area (Å²) in [6.07, 6.45) is 6.70. The Morgan fingerprint density at radius 2 is 1.92 bits per heavy atom. The number of anilines is 1. The van der Waals surface area contributed by atoms with E-state index in [1.165, 1.54) is 6.20 Å². The van der Waals surface area contributed by atoms with Crippen molar-refractivity contribution in [3.8, 4) is 11.1 Å². The maximum Gasteiger partial charge on any atom is 0.255 e. The van der Waals surface area contributed by atoms with E-state index in [0.717, 1.165) is 16.5 Å². The lowest BCUT2D eigenvalue weighted by Crippen LogP contribution is -2.50. The highest BCUT2D eigenvalue weighted by Gasteiger charge is 2.46. The molecule has 12 heteroatoms. The van der Waals surface area contributed by atoms with Crippen LogP contribution in [0.3, 0.4) is 0 Å². The average Bonchev–Trinajstić information content (AvgIpc) is 3.45. The van der Waals surface area contributed by atoms with Gasteiger partial charge in [0, 0.05) is 67.8 Å². The van der Waals surface area contributed by atoms with E-state index < -0.39 is 23.8 Å². The molecule has 8 nitrogen and oxygen atoms in total. The number of H-pyrrole nitrogens is 1. The van der Waals surface area contributed by atoms with Gasteiger partial charge in [0.1, 0.15) is 5.65 Å². The molecule has 4 aromatic rings. The summed E-state index contributed by atoms with van der Waals surface area (Å²) < 4.78 is 54.6. The Bertz CT molecular complexity index is 1460. The van der Waals surface area contributed by atoms with Gasteiger partial charge in [0.15, 0.2) is 0 Å². The molecular formula is C25H25F4N7O. The fourth-order valence-electron chi connectivity index (χ4n) is 5.12. The number of rotatable bonds is 6. The third-order valence-electron chi connectivity index (χ3n) is 7.32. The zero-order valence-electron chi connectivity index (χ0n) is 19.8. The maximum atomic E-state index is 13.4. The number of nitrogens with zero attached hydrogens (tertiary/aromatic N) is 4. The normalized spacial score (nSPS) is 19.7. The summed E-state index contributed by atoms with van der Waals surface area (Å²) in [5.74, 6) is -5.12. The number of hydrogen-bond donors (Lipinski definition) is 3. The smallest absolute Gasteiger partial charge is 0.255 e. The lowest BCUT2D eigenvalue weighted by molar-refractivity contribution is -0.0901. The third-order valence-corrected chi connectivity index (χ3v) is 7.32. The number of carbonyl (C=O) groups excluding carboxylic acids is 1. The minimum absolute atomic E-state index is 0.0827. The zero-order chi connectivity index (χ0) is 25.8. The molecule has 194 valence electrons. The van der Waals surface area contributed by atoms with Crippen molar-refractivity contribution in [2.75, 3.05) is 11.9 Å². The number of aromatic amines is 1. The number of carbonyl (C=O) groups is 1. The van der Waals surface area contributed by atoms with Gasteiger partial charge < -0.3 is 15.6 Å². The van der Waals surface area contributed by atoms with E-state index >= 15 is 0 Å². The highest BCUT2D eigenvalue weighted by Crippen LogP contribution is 2.38. The van der Waals surface area contributed by atoms with Gasteiger partial charge in [-0.15, -0.1) is 0 Å². The summed E-state index contributed by atoms with van der Waals surface area (Å²) in [5, 5.41) is 10.8. The van der Waals surface area contributed by atoms with Crippen molar-refractivity contribution < 1.29 is 22.4 Å². The number of hydrogen-bond acceptors (Lipinski definition) is 5. The predicted molar refractivity (Wildman–Crippen MR) is 129 cm³/mol. The van der Waals surface area contributed by atoms with Gasteiger partial charge in [-0.25, -0.2) is 27.1 Å². The van der Waals surface area contributed by atoms with Crippen molar-refractivity contribution in [3.63, 3.8) is 0 Å². The second-order valence-corrected chi connectivity index (χ2v) is 10.1. The van der Waals surface area contributed by atoms with Gasteiger partial charge in [0.25, 0.3) is 11.8 Å². The van der Waals surface area contributed by atoms with E-state index in [4.69, 9.17) is 0 Å². The standard InChI is InChI=1S/C25H25F4N7O/c26-24(27)4-1-14(2-5-24)10-31-23-32-12-18-17(11-30-21(18)35-23)15-3-6-36-20(7-15)19(13-33-36)22(37)34-16-8-25(28,29)9-16/h3,6-7,11-14,16H,1-2,4-5,8-10H2,(H,34,37)(H2,30,31,32,35). The molecule has 2 aliphatic carbocycles. The van der Waals surface area contributed by atoms with Gasteiger partial charge in [-0.3, -0.25) is 4.79 Å². The summed E-state index contributed by atoms with van der Waals surface area (Å²) in [6.45, 7) is 0.538. The summed E-state index contributed by atoms with van der Waals surface area (Å²) in [5.41, 5.74) is 3.09. The Morgan fingerprint density at radius 3 is 2.68 bits per heavy atom. The lowest BCUT2D eigenvalue weighted by Gasteiger charge is -2.35. The van der Waals surface area contributed by atoms with Crippen LogP contribution >= 0.6 is 0 Å². The van der Waals surface area contributed by atoms with Gasteiger partial charge in [-0.05, 0) is 36.5 Å². The molecule has 0 aromatic carbocycles. The molecule has 0 spiro atoms. The van der Waals surface area contributed by atoms with Crippen LogP contribution in [0.1, 0.15) is 48.9 Å². The summed E-state index contributed by atoms with van der Waals surface area (Å²) in [7, 11) is 0. The summed E-state index contributed by atoms with van der Waals surface area (Å²) in [4.78, 5) is 24.8. The lowest BCUT2D eigenvalue weighted by atomic mass is 9.87. The number of nitrogens with one attached hydrogen (secondary N) is 3. The molecule has 2 fully saturated rings. The number of amides is 1. The minimum Gasteiger partial charge on any atom is -0.354 e. The molecule has 2 aliphatic rings. The van der Waals surface area contributed by atoms with Gasteiger partial charge in [0.2, 0.25) is 11.9 Å². The van der Waals surface area contributed by atoms with Crippen LogP contribution in [0.5, 0.6) is 0 Å². The van der Waals surface area contributed by atoms with Gasteiger partial charge in [0.05, 0.1) is 17.3 Å². The summed E-state index contributed by atoms with van der Waals surface area (Å²) >= 11 is 0.